The Morgan fingerprint density at radius 1 is 1.12 bits per heavy atom. The van der Waals surface area contributed by atoms with Crippen LogP contribution in [0.15, 0.2) is 24.3 Å². The fraction of sp³-hybridized carbons (Fsp3) is 0.412. The molecule has 0 aliphatic rings. The van der Waals surface area contributed by atoms with Gasteiger partial charge in [0.2, 0.25) is 0 Å². The number of carbonyl (C=O) groups is 4. The van der Waals surface area contributed by atoms with Crippen LogP contribution < -0.4 is 5.32 Å². The molecule has 0 radical (unpaired) electrons. The van der Waals surface area contributed by atoms with E-state index in [-0.39, 0.29) is 23.8 Å². The summed E-state index contributed by atoms with van der Waals surface area (Å²) in [5, 5.41) is 11.8. The monoisotopic (exact) mass is 385 g/mol. The number of ether oxygens (including phenoxy) is 2. The first-order valence-electron chi connectivity index (χ1n) is 7.92. The number of carboxylic acids is 1. The molecule has 2 N–H and O–H groups in total. The molecule has 1 aromatic carbocycles. The van der Waals surface area contributed by atoms with Gasteiger partial charge in [0.15, 0.2) is 0 Å². The van der Waals surface area contributed by atoms with E-state index in [2.05, 4.69) is 5.32 Å². The average Bonchev–Trinajstić information content (AvgIpc) is 2.58. The van der Waals surface area contributed by atoms with Crippen LogP contribution in [0.5, 0.6) is 0 Å². The molecule has 8 nitrogen and oxygen atoms in total. The third kappa shape index (κ3) is 6.03. The Kier molecular flexibility index (Phi) is 8.57. The molecule has 142 valence electrons. The molecule has 9 heteroatoms. The molecule has 0 saturated heterocycles. The van der Waals surface area contributed by atoms with Gasteiger partial charge in [0.1, 0.15) is 6.04 Å². The van der Waals surface area contributed by atoms with E-state index in [0.717, 1.165) is 0 Å². The van der Waals surface area contributed by atoms with Gasteiger partial charge in [-0.2, -0.15) is 0 Å². The Morgan fingerprint density at radius 3 is 2.27 bits per heavy atom. The quantitative estimate of drug-likeness (QED) is 0.620. The van der Waals surface area contributed by atoms with Gasteiger partial charge in [0, 0.05) is 0 Å². The molecular formula is C17H20ClNO7. The van der Waals surface area contributed by atoms with Crippen molar-refractivity contribution in [1.29, 1.82) is 0 Å². The first-order chi connectivity index (χ1) is 12.3. The summed E-state index contributed by atoms with van der Waals surface area (Å²) >= 11 is 5.93. The molecule has 0 heterocycles. The molecule has 0 unspecified atom stereocenters. The van der Waals surface area contributed by atoms with Gasteiger partial charge in [-0.3, -0.25) is 14.4 Å². The number of carboxylic acid groups (broad SMARTS) is 1. The smallest absolute Gasteiger partial charge is 0.327 e. The van der Waals surface area contributed by atoms with E-state index >= 15 is 0 Å². The summed E-state index contributed by atoms with van der Waals surface area (Å²) in [5.41, 5.74) is 0.0409. The van der Waals surface area contributed by atoms with Crippen LogP contribution in [0.4, 0.5) is 0 Å². The van der Waals surface area contributed by atoms with Crippen molar-refractivity contribution in [2.45, 2.75) is 26.3 Å². The minimum atomic E-state index is -1.69. The van der Waals surface area contributed by atoms with Gasteiger partial charge in [0.25, 0.3) is 5.91 Å². The molecule has 0 aliphatic heterocycles. The van der Waals surface area contributed by atoms with Crippen LogP contribution in [-0.4, -0.2) is 48.2 Å². The van der Waals surface area contributed by atoms with Gasteiger partial charge in [-0.1, -0.05) is 23.7 Å². The fourth-order valence-corrected chi connectivity index (χ4v) is 2.41. The lowest BCUT2D eigenvalue weighted by Gasteiger charge is -2.23. The molecule has 1 amide bonds. The Bertz CT molecular complexity index is 677. The SMILES string of the molecule is CCOC(=O)C[C@@H](C(=O)OCC)[C@H](NC(=O)c1ccccc1Cl)C(=O)O. The van der Waals surface area contributed by atoms with Crippen LogP contribution in [0, 0.1) is 5.92 Å². The van der Waals surface area contributed by atoms with Crippen molar-refractivity contribution >= 4 is 35.4 Å². The van der Waals surface area contributed by atoms with E-state index in [1.54, 1.807) is 19.1 Å². The van der Waals surface area contributed by atoms with Gasteiger partial charge in [-0.25, -0.2) is 4.79 Å². The fourth-order valence-electron chi connectivity index (χ4n) is 2.18. The van der Waals surface area contributed by atoms with Gasteiger partial charge in [-0.15, -0.1) is 0 Å². The van der Waals surface area contributed by atoms with E-state index in [1.165, 1.54) is 19.1 Å². The van der Waals surface area contributed by atoms with Crippen LogP contribution in [0.25, 0.3) is 0 Å². The second kappa shape index (κ2) is 10.4. The van der Waals surface area contributed by atoms with Crippen molar-refractivity contribution in [2.24, 2.45) is 5.92 Å². The molecule has 0 saturated carbocycles. The van der Waals surface area contributed by atoms with Crippen LogP contribution in [0.2, 0.25) is 5.02 Å². The standard InChI is InChI=1S/C17H20ClNO7/c1-3-25-13(20)9-11(17(24)26-4-2)14(16(22)23)19-15(21)10-7-5-6-8-12(10)18/h5-8,11,14H,3-4,9H2,1-2H3,(H,19,21)(H,22,23)/t11-,14+/m1/s1. The number of hydrogen-bond acceptors (Lipinski definition) is 6. The summed E-state index contributed by atoms with van der Waals surface area (Å²) in [6.45, 7) is 3.17. The number of rotatable bonds is 9. The van der Waals surface area contributed by atoms with E-state index in [9.17, 15) is 24.3 Å². The largest absolute Gasteiger partial charge is 0.480 e. The molecule has 2 atom stereocenters. The number of amides is 1. The topological polar surface area (TPSA) is 119 Å². The summed E-state index contributed by atoms with van der Waals surface area (Å²) in [4.78, 5) is 47.9. The summed E-state index contributed by atoms with van der Waals surface area (Å²) in [7, 11) is 0. The molecule has 0 bridgehead atoms. The van der Waals surface area contributed by atoms with Crippen LogP contribution in [-0.2, 0) is 23.9 Å². The highest BCUT2D eigenvalue weighted by Crippen LogP contribution is 2.18. The Hall–Kier alpha value is -2.61. The molecule has 0 aliphatic carbocycles. The van der Waals surface area contributed by atoms with E-state index in [1.807, 2.05) is 0 Å². The van der Waals surface area contributed by atoms with Crippen molar-refractivity contribution in [3.05, 3.63) is 34.9 Å². The maximum Gasteiger partial charge on any atom is 0.327 e. The highest BCUT2D eigenvalue weighted by molar-refractivity contribution is 6.33. The molecular weight excluding hydrogens is 366 g/mol. The Morgan fingerprint density at radius 2 is 1.73 bits per heavy atom. The number of carbonyl (C=O) groups excluding carboxylic acids is 3. The Labute approximate surface area is 155 Å². The van der Waals surface area contributed by atoms with Crippen molar-refractivity contribution in [3.63, 3.8) is 0 Å². The van der Waals surface area contributed by atoms with Crippen LogP contribution in [0.3, 0.4) is 0 Å². The third-order valence-electron chi connectivity index (χ3n) is 3.35. The van der Waals surface area contributed by atoms with Gasteiger partial charge >= 0.3 is 17.9 Å². The molecule has 26 heavy (non-hydrogen) atoms. The predicted molar refractivity (Wildman–Crippen MR) is 91.7 cm³/mol. The van der Waals surface area contributed by atoms with E-state index < -0.39 is 42.2 Å². The molecule has 1 rings (SSSR count). The lowest BCUT2D eigenvalue weighted by molar-refractivity contribution is -0.159. The lowest BCUT2D eigenvalue weighted by Crippen LogP contribution is -2.49. The minimum absolute atomic E-state index is 0.0110. The summed E-state index contributed by atoms with van der Waals surface area (Å²) < 4.78 is 9.60. The zero-order chi connectivity index (χ0) is 19.7. The maximum absolute atomic E-state index is 12.3. The summed E-state index contributed by atoms with van der Waals surface area (Å²) in [5.74, 6) is -5.43. The van der Waals surface area contributed by atoms with E-state index in [4.69, 9.17) is 21.1 Å². The van der Waals surface area contributed by atoms with Crippen molar-refractivity contribution in [2.75, 3.05) is 13.2 Å². The highest BCUT2D eigenvalue weighted by Gasteiger charge is 2.38. The number of aliphatic carboxylic acids is 1. The Balaban J connectivity index is 3.08. The first-order valence-corrected chi connectivity index (χ1v) is 8.30. The maximum atomic E-state index is 12.3. The average molecular weight is 386 g/mol. The molecule has 0 aromatic heterocycles. The zero-order valence-corrected chi connectivity index (χ0v) is 15.1. The van der Waals surface area contributed by atoms with Crippen LogP contribution in [0.1, 0.15) is 30.6 Å². The number of benzene rings is 1. The number of esters is 2. The minimum Gasteiger partial charge on any atom is -0.480 e. The molecule has 1 aromatic rings. The van der Waals surface area contributed by atoms with E-state index in [0.29, 0.717) is 0 Å². The second-order valence-electron chi connectivity index (χ2n) is 5.14. The number of hydrogen-bond donors (Lipinski definition) is 2. The summed E-state index contributed by atoms with van der Waals surface area (Å²) in [6, 6.07) is 4.34. The van der Waals surface area contributed by atoms with Crippen molar-refractivity contribution in [3.8, 4) is 0 Å². The molecule has 0 spiro atoms. The van der Waals surface area contributed by atoms with Crippen LogP contribution >= 0.6 is 11.6 Å². The highest BCUT2D eigenvalue weighted by atomic mass is 35.5. The zero-order valence-electron chi connectivity index (χ0n) is 14.4. The van der Waals surface area contributed by atoms with Crippen molar-refractivity contribution < 1.29 is 33.8 Å². The van der Waals surface area contributed by atoms with Gasteiger partial charge < -0.3 is 19.9 Å². The molecule has 0 fully saturated rings. The number of nitrogens with one attached hydrogen (secondary N) is 1. The first kappa shape index (κ1) is 21.4. The normalized spacial score (nSPS) is 12.6. The van der Waals surface area contributed by atoms with Crippen molar-refractivity contribution in [1.82, 2.24) is 5.32 Å². The third-order valence-corrected chi connectivity index (χ3v) is 3.68. The predicted octanol–water partition coefficient (Wildman–Crippen LogP) is 1.66. The lowest BCUT2D eigenvalue weighted by atomic mass is 9.95. The van der Waals surface area contributed by atoms with Gasteiger partial charge in [-0.05, 0) is 26.0 Å². The van der Waals surface area contributed by atoms with Gasteiger partial charge in [0.05, 0.1) is 36.1 Å². The second-order valence-corrected chi connectivity index (χ2v) is 5.54. The number of halogens is 1. The summed E-state index contributed by atoms with van der Waals surface area (Å²) in [6.07, 6.45) is -0.549.